The maximum Gasteiger partial charge on any atom is 0.274 e. The van der Waals surface area contributed by atoms with Gasteiger partial charge in [-0.2, -0.15) is 0 Å². The van der Waals surface area contributed by atoms with Crippen molar-refractivity contribution in [2.24, 2.45) is 0 Å². The fourth-order valence-electron chi connectivity index (χ4n) is 2.99. The number of hydrogen-bond donors (Lipinski definition) is 2. The topological polar surface area (TPSA) is 92.9 Å². The van der Waals surface area contributed by atoms with Gasteiger partial charge in [-0.25, -0.2) is 4.98 Å². The van der Waals surface area contributed by atoms with E-state index in [4.69, 9.17) is 16.3 Å². The molecule has 0 fully saturated rings. The van der Waals surface area contributed by atoms with Crippen LogP contribution in [-0.2, 0) is 0 Å². The fraction of sp³-hybridized carbons (Fsp3) is 0.0952. The summed E-state index contributed by atoms with van der Waals surface area (Å²) in [5.41, 5.74) is 2.41. The van der Waals surface area contributed by atoms with Gasteiger partial charge in [0, 0.05) is 24.4 Å². The zero-order valence-electron chi connectivity index (χ0n) is 16.0. The zero-order valence-corrected chi connectivity index (χ0v) is 17.5. The largest absolute Gasteiger partial charge is 0.503 e. The van der Waals surface area contributed by atoms with Crippen LogP contribution < -0.4 is 20.1 Å². The Labute approximate surface area is 179 Å². The second-order valence-electron chi connectivity index (χ2n) is 6.40. The Balaban J connectivity index is 1.73. The lowest BCUT2D eigenvalue weighted by Crippen LogP contribution is -2.22. The van der Waals surface area contributed by atoms with Crippen LogP contribution in [0.3, 0.4) is 0 Å². The van der Waals surface area contributed by atoms with E-state index in [1.165, 1.54) is 22.8 Å². The third kappa shape index (κ3) is 3.51. The standard InChI is InChI=1S/C21H16ClN3O4S/c1-23-19(27)13-5-3-12(4-6-13)15-10-25-20(28)17(30-21(25)24-15)9-11-7-14(22)18(26)16(8-11)29-2/h3-10,26H,1-2H3,(H,23,27). The summed E-state index contributed by atoms with van der Waals surface area (Å²) in [6.07, 6.45) is 3.35. The first kappa shape index (κ1) is 19.9. The fourth-order valence-corrected chi connectivity index (χ4v) is 4.17. The monoisotopic (exact) mass is 441 g/mol. The number of nitrogens with one attached hydrogen (secondary N) is 1. The average Bonchev–Trinajstić information content (AvgIpc) is 3.29. The number of ether oxygens (including phenoxy) is 1. The number of aromatic hydroxyl groups is 1. The second-order valence-corrected chi connectivity index (χ2v) is 7.82. The molecule has 2 aromatic carbocycles. The smallest absolute Gasteiger partial charge is 0.274 e. The number of phenols is 1. The molecule has 0 radical (unpaired) electrons. The van der Waals surface area contributed by atoms with E-state index in [1.54, 1.807) is 55.7 Å². The number of imidazole rings is 1. The summed E-state index contributed by atoms with van der Waals surface area (Å²) in [5.74, 6) is -0.0860. The highest BCUT2D eigenvalue weighted by atomic mass is 35.5. The molecule has 2 N–H and O–H groups in total. The number of phenolic OH excluding ortho intramolecular Hbond substituents is 1. The van der Waals surface area contributed by atoms with Crippen LogP contribution in [-0.4, -0.2) is 34.6 Å². The van der Waals surface area contributed by atoms with E-state index in [0.717, 1.165) is 5.56 Å². The summed E-state index contributed by atoms with van der Waals surface area (Å²) >= 11 is 7.27. The van der Waals surface area contributed by atoms with Gasteiger partial charge < -0.3 is 15.2 Å². The van der Waals surface area contributed by atoms with Crippen molar-refractivity contribution < 1.29 is 14.6 Å². The van der Waals surface area contributed by atoms with Crippen LogP contribution in [0.4, 0.5) is 0 Å². The molecule has 0 aliphatic rings. The third-order valence-electron chi connectivity index (χ3n) is 4.54. The highest BCUT2D eigenvalue weighted by Gasteiger charge is 2.12. The van der Waals surface area contributed by atoms with Crippen molar-refractivity contribution in [2.45, 2.75) is 0 Å². The van der Waals surface area contributed by atoms with Crippen LogP contribution in [0.2, 0.25) is 5.02 Å². The molecule has 0 unspecified atom stereocenters. The molecular formula is C21H16ClN3O4S. The molecule has 0 aliphatic carbocycles. The van der Waals surface area contributed by atoms with Gasteiger partial charge in [-0.05, 0) is 35.9 Å². The van der Waals surface area contributed by atoms with Crippen LogP contribution in [0.25, 0.3) is 22.3 Å². The van der Waals surface area contributed by atoms with E-state index in [1.807, 2.05) is 0 Å². The summed E-state index contributed by atoms with van der Waals surface area (Å²) in [5, 5.41) is 12.6. The normalized spacial score (nSPS) is 11.8. The predicted octanol–water partition coefficient (Wildman–Crippen LogP) is 2.70. The lowest BCUT2D eigenvalue weighted by Gasteiger charge is -2.05. The minimum absolute atomic E-state index is 0.136. The molecule has 0 bridgehead atoms. The minimum Gasteiger partial charge on any atom is -0.503 e. The Kier molecular flexibility index (Phi) is 5.19. The Morgan fingerprint density at radius 2 is 2.03 bits per heavy atom. The predicted molar refractivity (Wildman–Crippen MR) is 117 cm³/mol. The molecule has 0 spiro atoms. The van der Waals surface area contributed by atoms with Gasteiger partial charge in [-0.15, -0.1) is 0 Å². The molecule has 2 heterocycles. The number of thiazole rings is 1. The highest BCUT2D eigenvalue weighted by molar-refractivity contribution is 7.15. The van der Waals surface area contributed by atoms with Crippen molar-refractivity contribution >= 4 is 39.9 Å². The number of hydrogen-bond acceptors (Lipinski definition) is 6. The van der Waals surface area contributed by atoms with Crippen LogP contribution in [0, 0.1) is 0 Å². The molecule has 0 atom stereocenters. The molecule has 0 saturated carbocycles. The van der Waals surface area contributed by atoms with Crippen LogP contribution in [0.5, 0.6) is 11.5 Å². The number of nitrogens with zero attached hydrogens (tertiary/aromatic N) is 2. The SMILES string of the molecule is CNC(=O)c1ccc(-c2cn3c(=O)c(=Cc4cc(Cl)c(O)c(OC)c4)sc3n2)cc1. The quantitative estimate of drug-likeness (QED) is 0.508. The number of amides is 1. The van der Waals surface area contributed by atoms with Crippen LogP contribution >= 0.6 is 22.9 Å². The van der Waals surface area contributed by atoms with E-state index < -0.39 is 0 Å². The number of fused-ring (bicyclic) bond motifs is 1. The van der Waals surface area contributed by atoms with Gasteiger partial charge in [0.2, 0.25) is 0 Å². The Morgan fingerprint density at radius 1 is 1.30 bits per heavy atom. The first-order valence-corrected chi connectivity index (χ1v) is 10.0. The molecule has 30 heavy (non-hydrogen) atoms. The molecule has 1 amide bonds. The first-order valence-electron chi connectivity index (χ1n) is 8.84. The molecule has 9 heteroatoms. The molecule has 2 aromatic heterocycles. The molecular weight excluding hydrogens is 426 g/mol. The minimum atomic E-state index is -0.209. The van der Waals surface area contributed by atoms with Gasteiger partial charge in [0.15, 0.2) is 16.5 Å². The maximum absolute atomic E-state index is 12.8. The molecule has 152 valence electrons. The van der Waals surface area contributed by atoms with E-state index in [-0.39, 0.29) is 28.0 Å². The summed E-state index contributed by atoms with van der Waals surface area (Å²) in [6, 6.07) is 10.2. The maximum atomic E-state index is 12.8. The van der Waals surface area contributed by atoms with E-state index >= 15 is 0 Å². The zero-order chi connectivity index (χ0) is 21.4. The van der Waals surface area contributed by atoms with Crippen LogP contribution in [0.1, 0.15) is 15.9 Å². The summed E-state index contributed by atoms with van der Waals surface area (Å²) in [7, 11) is 3.00. The Morgan fingerprint density at radius 3 is 2.67 bits per heavy atom. The van der Waals surface area contributed by atoms with Crippen molar-refractivity contribution in [1.82, 2.24) is 14.7 Å². The van der Waals surface area contributed by atoms with Crippen molar-refractivity contribution in [3.8, 4) is 22.8 Å². The molecule has 0 aliphatic heterocycles. The summed E-state index contributed by atoms with van der Waals surface area (Å²) in [6.45, 7) is 0. The Bertz CT molecular complexity index is 1380. The van der Waals surface area contributed by atoms with E-state index in [2.05, 4.69) is 10.3 Å². The number of halogens is 1. The molecule has 4 rings (SSSR count). The van der Waals surface area contributed by atoms with Crippen molar-refractivity contribution in [1.29, 1.82) is 0 Å². The van der Waals surface area contributed by atoms with Gasteiger partial charge in [0.05, 0.1) is 22.4 Å². The van der Waals surface area contributed by atoms with Crippen molar-refractivity contribution in [3.05, 3.63) is 73.6 Å². The van der Waals surface area contributed by atoms with E-state index in [9.17, 15) is 14.7 Å². The lowest BCUT2D eigenvalue weighted by molar-refractivity contribution is 0.0963. The lowest BCUT2D eigenvalue weighted by atomic mass is 10.1. The molecule has 4 aromatic rings. The van der Waals surface area contributed by atoms with Gasteiger partial charge in [0.1, 0.15) is 0 Å². The summed E-state index contributed by atoms with van der Waals surface area (Å²) in [4.78, 5) is 29.6. The van der Waals surface area contributed by atoms with Gasteiger partial charge in [0.25, 0.3) is 11.5 Å². The van der Waals surface area contributed by atoms with Gasteiger partial charge in [-0.1, -0.05) is 35.1 Å². The second kappa shape index (κ2) is 7.81. The highest BCUT2D eigenvalue weighted by Crippen LogP contribution is 2.35. The molecule has 0 saturated heterocycles. The van der Waals surface area contributed by atoms with Crippen molar-refractivity contribution in [2.75, 3.05) is 14.2 Å². The van der Waals surface area contributed by atoms with E-state index in [0.29, 0.717) is 26.3 Å². The number of carbonyl (C=O) groups is 1. The summed E-state index contributed by atoms with van der Waals surface area (Å²) < 4.78 is 7.06. The number of carbonyl (C=O) groups excluding carboxylic acids is 1. The number of benzene rings is 2. The number of rotatable bonds is 4. The van der Waals surface area contributed by atoms with Crippen LogP contribution in [0.15, 0.2) is 47.4 Å². The van der Waals surface area contributed by atoms with Gasteiger partial charge in [-0.3, -0.25) is 14.0 Å². The van der Waals surface area contributed by atoms with Crippen molar-refractivity contribution in [3.63, 3.8) is 0 Å². The number of aromatic nitrogens is 2. The van der Waals surface area contributed by atoms with Gasteiger partial charge >= 0.3 is 0 Å². The molecule has 7 nitrogen and oxygen atoms in total. The average molecular weight is 442 g/mol. The first-order chi connectivity index (χ1) is 14.4. The third-order valence-corrected chi connectivity index (χ3v) is 5.81. The Hall–Kier alpha value is -3.36. The number of methoxy groups -OCH3 is 1.